The maximum absolute atomic E-state index is 13.0. The Bertz CT molecular complexity index is 1430. The molecule has 0 radical (unpaired) electrons. The van der Waals surface area contributed by atoms with Gasteiger partial charge in [-0.15, -0.1) is 11.3 Å². The number of hydrogen-bond acceptors (Lipinski definition) is 10. The molecule has 1 aromatic carbocycles. The number of thiazole rings is 1. The van der Waals surface area contributed by atoms with Crippen LogP contribution in [0.3, 0.4) is 0 Å². The van der Waals surface area contributed by atoms with Crippen LogP contribution in [0.2, 0.25) is 0 Å². The minimum absolute atomic E-state index is 0.0149. The van der Waals surface area contributed by atoms with Crippen molar-refractivity contribution in [2.45, 2.75) is 37.5 Å². The zero-order valence-electron chi connectivity index (χ0n) is 20.3. The van der Waals surface area contributed by atoms with Crippen molar-refractivity contribution in [1.82, 2.24) is 25.6 Å². The Morgan fingerprint density at radius 2 is 1.92 bits per heavy atom. The lowest BCUT2D eigenvalue weighted by atomic mass is 10.2. The second kappa shape index (κ2) is 11.7. The Labute approximate surface area is 219 Å². The van der Waals surface area contributed by atoms with E-state index < -0.39 is 39.7 Å². The number of amides is 2. The number of rotatable bonds is 9. The van der Waals surface area contributed by atoms with Gasteiger partial charge in [-0.25, -0.2) is 33.0 Å². The van der Waals surface area contributed by atoms with Crippen LogP contribution >= 0.6 is 11.3 Å². The van der Waals surface area contributed by atoms with Gasteiger partial charge in [-0.3, -0.25) is 0 Å². The van der Waals surface area contributed by atoms with E-state index in [-0.39, 0.29) is 29.7 Å². The molecule has 0 aliphatic carbocycles. The molecule has 2 heterocycles. The van der Waals surface area contributed by atoms with Crippen molar-refractivity contribution < 1.29 is 35.9 Å². The van der Waals surface area contributed by atoms with Gasteiger partial charge < -0.3 is 20.7 Å². The first-order valence-electron chi connectivity index (χ1n) is 10.9. The number of anilines is 2. The summed E-state index contributed by atoms with van der Waals surface area (Å²) in [4.78, 5) is 35.6. The van der Waals surface area contributed by atoms with Gasteiger partial charge in [0.1, 0.15) is 16.7 Å². The molecule has 0 saturated carbocycles. The number of alkyl halides is 3. The number of benzene rings is 1. The molecule has 3 aromatic rings. The summed E-state index contributed by atoms with van der Waals surface area (Å²) in [5.74, 6) is -0.946. The Morgan fingerprint density at radius 1 is 1.18 bits per heavy atom. The maximum atomic E-state index is 13.0. The van der Waals surface area contributed by atoms with Crippen molar-refractivity contribution in [3.8, 4) is 10.4 Å². The molecule has 2 aromatic heterocycles. The molecule has 3 N–H and O–H groups in total. The van der Waals surface area contributed by atoms with E-state index in [1.807, 2.05) is 0 Å². The first-order valence-corrected chi connectivity index (χ1v) is 13.7. The molecule has 1 unspecified atom stereocenters. The quantitative estimate of drug-likeness (QED) is 0.327. The van der Waals surface area contributed by atoms with E-state index in [4.69, 9.17) is 4.74 Å². The van der Waals surface area contributed by atoms with Gasteiger partial charge >= 0.3 is 18.2 Å². The number of aromatic nitrogens is 3. The fourth-order valence-electron chi connectivity index (χ4n) is 2.99. The second-order valence-electron chi connectivity index (χ2n) is 7.83. The highest BCUT2D eigenvalue weighted by molar-refractivity contribution is 7.90. The van der Waals surface area contributed by atoms with Crippen LogP contribution in [-0.4, -0.2) is 54.3 Å². The molecule has 0 saturated heterocycles. The average Bonchev–Trinajstić information content (AvgIpc) is 3.31. The third-order valence-electron chi connectivity index (χ3n) is 4.76. The zero-order chi connectivity index (χ0) is 28.1. The molecule has 38 heavy (non-hydrogen) atoms. The summed E-state index contributed by atoms with van der Waals surface area (Å²) in [6.45, 7) is 3.32. The molecule has 0 aliphatic rings. The number of hydrogen-bond donors (Lipinski definition) is 3. The lowest BCUT2D eigenvalue weighted by Gasteiger charge is -2.12. The number of urea groups is 1. The van der Waals surface area contributed by atoms with Crippen LogP contribution in [0.5, 0.6) is 0 Å². The van der Waals surface area contributed by atoms with Crippen molar-refractivity contribution in [1.29, 1.82) is 0 Å². The summed E-state index contributed by atoms with van der Waals surface area (Å²) in [5.41, 5.74) is -0.607. The molecule has 16 heteroatoms. The number of esters is 1. The van der Waals surface area contributed by atoms with Crippen LogP contribution in [0.1, 0.15) is 24.5 Å². The van der Waals surface area contributed by atoms with Crippen molar-refractivity contribution in [3.63, 3.8) is 0 Å². The molecule has 2 amide bonds. The predicted molar refractivity (Wildman–Crippen MR) is 132 cm³/mol. The predicted octanol–water partition coefficient (Wildman–Crippen LogP) is 3.52. The molecule has 11 nitrogen and oxygen atoms in total. The van der Waals surface area contributed by atoms with Gasteiger partial charge in [-0.2, -0.15) is 13.2 Å². The summed E-state index contributed by atoms with van der Waals surface area (Å²) < 4.78 is 68.3. The summed E-state index contributed by atoms with van der Waals surface area (Å²) in [5, 5.41) is 8.09. The largest absolute Gasteiger partial charge is 0.464 e. The number of ether oxygens (including phenoxy) is 1. The Kier molecular flexibility index (Phi) is 8.88. The molecule has 3 rings (SSSR count). The minimum Gasteiger partial charge on any atom is -0.464 e. The van der Waals surface area contributed by atoms with Gasteiger partial charge in [0, 0.05) is 24.3 Å². The zero-order valence-corrected chi connectivity index (χ0v) is 21.9. The van der Waals surface area contributed by atoms with Crippen LogP contribution in [0.15, 0.2) is 41.6 Å². The monoisotopic (exact) mass is 572 g/mol. The highest BCUT2D eigenvalue weighted by Crippen LogP contribution is 2.32. The van der Waals surface area contributed by atoms with Gasteiger partial charge in [0.2, 0.25) is 5.95 Å². The third-order valence-corrected chi connectivity index (χ3v) is 6.90. The topological polar surface area (TPSA) is 152 Å². The molecular weight excluding hydrogens is 549 g/mol. The molecule has 0 bridgehead atoms. The van der Waals surface area contributed by atoms with E-state index in [1.165, 1.54) is 31.3 Å². The smallest absolute Gasteiger partial charge is 0.433 e. The molecule has 0 aliphatic heterocycles. The first kappa shape index (κ1) is 28.8. The number of nitrogens with zero attached hydrogens (tertiary/aromatic N) is 3. The molecule has 0 spiro atoms. The SMILES string of the molecule is CCOC(=O)C(C)NC(=O)NCc1ncc(-c2cc(Nc3nccc(C(F)(F)F)n3)cc(S(C)(=O)=O)c2)s1. The van der Waals surface area contributed by atoms with Gasteiger partial charge in [0.15, 0.2) is 9.84 Å². The van der Waals surface area contributed by atoms with Crippen molar-refractivity contribution in [3.05, 3.63) is 47.4 Å². The molecule has 0 fully saturated rings. The summed E-state index contributed by atoms with van der Waals surface area (Å²) >= 11 is 1.15. The third kappa shape index (κ3) is 7.85. The van der Waals surface area contributed by atoms with Crippen LogP contribution < -0.4 is 16.0 Å². The highest BCUT2D eigenvalue weighted by atomic mass is 32.2. The normalized spacial score (nSPS) is 12.5. The van der Waals surface area contributed by atoms with Crippen LogP contribution in [0, 0.1) is 0 Å². The Morgan fingerprint density at radius 3 is 2.58 bits per heavy atom. The van der Waals surface area contributed by atoms with Crippen LogP contribution in [0.25, 0.3) is 10.4 Å². The van der Waals surface area contributed by atoms with Gasteiger partial charge in [-0.1, -0.05) is 0 Å². The summed E-state index contributed by atoms with van der Waals surface area (Å²) in [6, 6.07) is 3.40. The molecule has 1 atom stereocenters. The lowest BCUT2D eigenvalue weighted by molar-refractivity contribution is -0.145. The Hall–Kier alpha value is -3.79. The highest BCUT2D eigenvalue weighted by Gasteiger charge is 2.32. The van der Waals surface area contributed by atoms with Crippen molar-refractivity contribution in [2.24, 2.45) is 0 Å². The average molecular weight is 573 g/mol. The van der Waals surface area contributed by atoms with Gasteiger partial charge in [-0.05, 0) is 43.7 Å². The van der Waals surface area contributed by atoms with Crippen molar-refractivity contribution >= 4 is 44.8 Å². The van der Waals surface area contributed by atoms with E-state index in [0.29, 0.717) is 21.5 Å². The van der Waals surface area contributed by atoms with Crippen LogP contribution in [0.4, 0.5) is 29.6 Å². The van der Waals surface area contributed by atoms with E-state index in [9.17, 15) is 31.2 Å². The van der Waals surface area contributed by atoms with E-state index in [1.54, 1.807) is 6.92 Å². The fraction of sp³-hybridized carbons (Fsp3) is 0.318. The summed E-state index contributed by atoms with van der Waals surface area (Å²) in [6.07, 6.45) is -1.28. The number of carbonyl (C=O) groups excluding carboxylic acids is 2. The molecule has 204 valence electrons. The number of nitrogens with one attached hydrogen (secondary N) is 3. The molecular formula is C22H23F3N6O5S2. The first-order chi connectivity index (χ1) is 17.8. The number of halogens is 3. The van der Waals surface area contributed by atoms with Crippen LogP contribution in [-0.2, 0) is 32.1 Å². The number of sulfone groups is 1. The Balaban J connectivity index is 1.79. The lowest BCUT2D eigenvalue weighted by Crippen LogP contribution is -2.44. The maximum Gasteiger partial charge on any atom is 0.433 e. The number of carbonyl (C=O) groups is 2. The fourth-order valence-corrected chi connectivity index (χ4v) is 4.52. The summed E-state index contributed by atoms with van der Waals surface area (Å²) in [7, 11) is -3.70. The van der Waals surface area contributed by atoms with Gasteiger partial charge in [0.25, 0.3) is 0 Å². The van der Waals surface area contributed by atoms with E-state index in [2.05, 4.69) is 30.9 Å². The minimum atomic E-state index is -4.68. The standard InChI is InChI=1S/C22H23F3N6O5S2/c1-4-36-19(32)12(2)29-21(33)28-11-18-27-10-16(37-18)13-7-14(9-15(8-13)38(3,34)35)30-20-26-6-5-17(31-20)22(23,24)25/h5-10,12H,4,11H2,1-3H3,(H,26,30,31)(H2,28,29,33). The van der Waals surface area contributed by atoms with E-state index in [0.717, 1.165) is 23.8 Å². The van der Waals surface area contributed by atoms with Gasteiger partial charge in [0.05, 0.1) is 22.9 Å². The van der Waals surface area contributed by atoms with Crippen molar-refractivity contribution in [2.75, 3.05) is 18.2 Å². The van der Waals surface area contributed by atoms with E-state index >= 15 is 0 Å². The second-order valence-corrected chi connectivity index (χ2v) is 11.0.